The zero-order valence-corrected chi connectivity index (χ0v) is 12.9. The first-order chi connectivity index (χ1) is 8.68. The molecule has 1 saturated heterocycles. The minimum Gasteiger partial charge on any atom is -0.309 e. The summed E-state index contributed by atoms with van der Waals surface area (Å²) in [5.74, 6) is 0. The Morgan fingerprint density at radius 3 is 3.06 bits per heavy atom. The zero-order chi connectivity index (χ0) is 13.0. The summed E-state index contributed by atoms with van der Waals surface area (Å²) in [6, 6.07) is 0.450. The molecule has 5 heteroatoms. The van der Waals surface area contributed by atoms with E-state index >= 15 is 0 Å². The summed E-state index contributed by atoms with van der Waals surface area (Å²) in [5.41, 5.74) is 1.32. The molecule has 1 N–H and O–H groups in total. The van der Waals surface area contributed by atoms with E-state index < -0.39 is 0 Å². The molecule has 0 amide bonds. The molecule has 1 aliphatic rings. The Morgan fingerprint density at radius 2 is 2.28 bits per heavy atom. The van der Waals surface area contributed by atoms with Crippen molar-refractivity contribution < 1.29 is 0 Å². The van der Waals surface area contributed by atoms with E-state index in [1.54, 1.807) is 0 Å². The maximum atomic E-state index is 4.50. The number of hydrogen-bond donors (Lipinski definition) is 1. The van der Waals surface area contributed by atoms with Crippen molar-refractivity contribution in [1.29, 1.82) is 0 Å². The van der Waals surface area contributed by atoms with Gasteiger partial charge >= 0.3 is 0 Å². The van der Waals surface area contributed by atoms with Crippen LogP contribution in [-0.4, -0.2) is 41.9 Å². The summed E-state index contributed by atoms with van der Waals surface area (Å²) < 4.78 is 3.29. The maximum Gasteiger partial charge on any atom is 0.0696 e. The normalized spacial score (nSPS) is 21.2. The van der Waals surface area contributed by atoms with Crippen LogP contribution < -0.4 is 5.32 Å². The average molecular weight is 315 g/mol. The lowest BCUT2D eigenvalue weighted by atomic mass is 10.1. The van der Waals surface area contributed by atoms with E-state index in [4.69, 9.17) is 0 Å². The van der Waals surface area contributed by atoms with Gasteiger partial charge in [0.05, 0.1) is 29.0 Å². The van der Waals surface area contributed by atoms with Gasteiger partial charge in [-0.15, -0.1) is 0 Å². The lowest BCUT2D eigenvalue weighted by molar-refractivity contribution is 0.361. The van der Waals surface area contributed by atoms with Crippen molar-refractivity contribution in [3.8, 4) is 0 Å². The molecule has 1 unspecified atom stereocenters. The summed E-state index contributed by atoms with van der Waals surface area (Å²) in [4.78, 5) is 2.19. The Hall–Kier alpha value is -0.390. The second-order valence-electron chi connectivity index (χ2n) is 5.26. The number of hydrogen-bond acceptors (Lipinski definition) is 3. The highest BCUT2D eigenvalue weighted by Crippen LogP contribution is 2.28. The molecule has 1 aromatic heterocycles. The van der Waals surface area contributed by atoms with Crippen LogP contribution in [0.15, 0.2) is 10.7 Å². The maximum absolute atomic E-state index is 4.50. The van der Waals surface area contributed by atoms with Gasteiger partial charge in [-0.3, -0.25) is 4.68 Å². The first kappa shape index (κ1) is 14.0. The quantitative estimate of drug-likeness (QED) is 0.926. The lowest BCUT2D eigenvalue weighted by Gasteiger charge is -2.19. The van der Waals surface area contributed by atoms with Crippen molar-refractivity contribution in [3.63, 3.8) is 0 Å². The van der Waals surface area contributed by atoms with Crippen molar-refractivity contribution in [3.05, 3.63) is 16.4 Å². The minimum absolute atomic E-state index is 0.450. The highest BCUT2D eigenvalue weighted by molar-refractivity contribution is 9.10. The monoisotopic (exact) mass is 314 g/mol. The molecule has 0 aromatic carbocycles. The summed E-state index contributed by atoms with van der Waals surface area (Å²) >= 11 is 3.65. The number of nitrogens with one attached hydrogen (secondary N) is 1. The number of halogens is 1. The van der Waals surface area contributed by atoms with Gasteiger partial charge in [0, 0.05) is 6.54 Å². The molecule has 0 bridgehead atoms. The molecule has 2 rings (SSSR count). The molecule has 2 heterocycles. The Labute approximate surface area is 118 Å². The molecule has 0 radical (unpaired) electrons. The number of rotatable bonds is 4. The molecule has 102 valence electrons. The van der Waals surface area contributed by atoms with Crippen molar-refractivity contribution in [2.24, 2.45) is 0 Å². The predicted molar refractivity (Wildman–Crippen MR) is 77.7 cm³/mol. The SMILES string of the molecule is CN(C)CCn1ncc(Br)c1C1CCCCCN1. The predicted octanol–water partition coefficient (Wildman–Crippen LogP) is 2.41. The lowest BCUT2D eigenvalue weighted by Crippen LogP contribution is -2.26. The first-order valence-electron chi connectivity index (χ1n) is 6.78. The molecule has 0 spiro atoms. The highest BCUT2D eigenvalue weighted by atomic mass is 79.9. The van der Waals surface area contributed by atoms with Crippen LogP contribution in [0.3, 0.4) is 0 Å². The fraction of sp³-hybridized carbons (Fsp3) is 0.769. The standard InChI is InChI=1S/C13H23BrN4/c1-17(2)8-9-18-13(11(14)10-16-18)12-6-4-3-5-7-15-12/h10,12,15H,3-9H2,1-2H3. The van der Waals surface area contributed by atoms with Crippen molar-refractivity contribution in [2.45, 2.75) is 38.3 Å². The minimum atomic E-state index is 0.450. The van der Waals surface area contributed by atoms with Crippen LogP contribution in [0.1, 0.15) is 37.4 Å². The van der Waals surface area contributed by atoms with Crippen molar-refractivity contribution in [2.75, 3.05) is 27.2 Å². The fourth-order valence-electron chi connectivity index (χ4n) is 2.45. The van der Waals surface area contributed by atoms with Gasteiger partial charge in [0.1, 0.15) is 0 Å². The van der Waals surface area contributed by atoms with Gasteiger partial charge in [0.2, 0.25) is 0 Å². The van der Waals surface area contributed by atoms with Crippen LogP contribution in [0.5, 0.6) is 0 Å². The van der Waals surface area contributed by atoms with Gasteiger partial charge < -0.3 is 10.2 Å². The Balaban J connectivity index is 2.11. The van der Waals surface area contributed by atoms with E-state index in [1.807, 2.05) is 6.20 Å². The molecular formula is C13H23BrN4. The topological polar surface area (TPSA) is 33.1 Å². The van der Waals surface area contributed by atoms with Crippen LogP contribution in [0, 0.1) is 0 Å². The average Bonchev–Trinajstić information content (AvgIpc) is 2.55. The Morgan fingerprint density at radius 1 is 1.44 bits per heavy atom. The fourth-order valence-corrected chi connectivity index (χ4v) is 3.03. The second kappa shape index (κ2) is 6.68. The van der Waals surface area contributed by atoms with E-state index in [0.29, 0.717) is 6.04 Å². The summed E-state index contributed by atoms with van der Waals surface area (Å²) in [5, 5.41) is 8.15. The van der Waals surface area contributed by atoms with Crippen LogP contribution >= 0.6 is 15.9 Å². The summed E-state index contributed by atoms with van der Waals surface area (Å²) in [6.45, 7) is 3.09. The molecule has 18 heavy (non-hydrogen) atoms. The first-order valence-corrected chi connectivity index (χ1v) is 7.57. The van der Waals surface area contributed by atoms with Gasteiger partial charge in [-0.25, -0.2) is 0 Å². The van der Waals surface area contributed by atoms with Crippen LogP contribution in [-0.2, 0) is 6.54 Å². The van der Waals surface area contributed by atoms with Crippen LogP contribution in [0.4, 0.5) is 0 Å². The van der Waals surface area contributed by atoms with Crippen LogP contribution in [0.2, 0.25) is 0 Å². The molecule has 1 aliphatic heterocycles. The smallest absolute Gasteiger partial charge is 0.0696 e. The Kier molecular flexibility index (Phi) is 5.21. The third kappa shape index (κ3) is 3.56. The van der Waals surface area contributed by atoms with E-state index in [1.165, 1.54) is 31.4 Å². The number of nitrogens with zero attached hydrogens (tertiary/aromatic N) is 3. The third-order valence-electron chi connectivity index (χ3n) is 3.48. The van der Waals surface area contributed by atoms with Crippen molar-refractivity contribution >= 4 is 15.9 Å². The van der Waals surface area contributed by atoms with Gasteiger partial charge in [-0.05, 0) is 49.4 Å². The second-order valence-corrected chi connectivity index (χ2v) is 6.11. The van der Waals surface area contributed by atoms with Crippen LogP contribution in [0.25, 0.3) is 0 Å². The molecule has 0 saturated carbocycles. The molecule has 1 atom stereocenters. The van der Waals surface area contributed by atoms with Gasteiger partial charge in [0.15, 0.2) is 0 Å². The Bertz CT molecular complexity index is 367. The molecular weight excluding hydrogens is 292 g/mol. The van der Waals surface area contributed by atoms with Gasteiger partial charge in [-0.1, -0.05) is 12.8 Å². The summed E-state index contributed by atoms with van der Waals surface area (Å²) in [7, 11) is 4.20. The van der Waals surface area contributed by atoms with E-state index in [2.05, 4.69) is 50.0 Å². The highest BCUT2D eigenvalue weighted by Gasteiger charge is 2.20. The molecule has 1 aromatic rings. The van der Waals surface area contributed by atoms with Crippen molar-refractivity contribution in [1.82, 2.24) is 20.0 Å². The summed E-state index contributed by atoms with van der Waals surface area (Å²) in [6.07, 6.45) is 7.08. The number of aromatic nitrogens is 2. The van der Waals surface area contributed by atoms with E-state index in [-0.39, 0.29) is 0 Å². The molecule has 0 aliphatic carbocycles. The molecule has 4 nitrogen and oxygen atoms in total. The van der Waals surface area contributed by atoms with E-state index in [0.717, 1.165) is 24.1 Å². The van der Waals surface area contributed by atoms with Gasteiger partial charge in [-0.2, -0.15) is 5.10 Å². The third-order valence-corrected chi connectivity index (χ3v) is 4.09. The molecule has 1 fully saturated rings. The zero-order valence-electron chi connectivity index (χ0n) is 11.3. The largest absolute Gasteiger partial charge is 0.309 e. The van der Waals surface area contributed by atoms with Gasteiger partial charge in [0.25, 0.3) is 0 Å². The number of likely N-dealkylation sites (N-methyl/N-ethyl adjacent to an activating group) is 1. The van der Waals surface area contributed by atoms with E-state index in [9.17, 15) is 0 Å².